The van der Waals surface area contributed by atoms with E-state index in [2.05, 4.69) is 31.2 Å². The highest BCUT2D eigenvalue weighted by Gasteiger charge is 2.14. The summed E-state index contributed by atoms with van der Waals surface area (Å²) in [5.41, 5.74) is 9.46. The van der Waals surface area contributed by atoms with Crippen LogP contribution in [0.2, 0.25) is 0 Å². The summed E-state index contributed by atoms with van der Waals surface area (Å²) in [5, 5.41) is 0. The van der Waals surface area contributed by atoms with Gasteiger partial charge in [-0.25, -0.2) is 0 Å². The van der Waals surface area contributed by atoms with Crippen LogP contribution in [0.15, 0.2) is 42.5 Å². The van der Waals surface area contributed by atoms with Gasteiger partial charge in [-0.2, -0.15) is 0 Å². The second-order valence-electron chi connectivity index (χ2n) is 5.33. The number of benzene rings is 2. The molecule has 104 valence electrons. The Morgan fingerprint density at radius 1 is 1.00 bits per heavy atom. The molecule has 2 atom stereocenters. The lowest BCUT2D eigenvalue weighted by Crippen LogP contribution is -2.22. The molecule has 1 heterocycles. The Labute approximate surface area is 119 Å². The van der Waals surface area contributed by atoms with E-state index in [4.69, 9.17) is 15.2 Å². The summed E-state index contributed by atoms with van der Waals surface area (Å²) < 4.78 is 10.9. The highest BCUT2D eigenvalue weighted by atomic mass is 16.7. The van der Waals surface area contributed by atoms with Crippen molar-refractivity contribution in [1.82, 2.24) is 0 Å². The fraction of sp³-hybridized carbons (Fsp3) is 0.294. The Hall–Kier alpha value is -2.00. The van der Waals surface area contributed by atoms with Crippen molar-refractivity contribution < 1.29 is 9.47 Å². The van der Waals surface area contributed by atoms with Gasteiger partial charge in [-0.1, -0.05) is 31.2 Å². The van der Waals surface area contributed by atoms with Crippen LogP contribution in [-0.2, 0) is 0 Å². The minimum Gasteiger partial charge on any atom is -0.457 e. The van der Waals surface area contributed by atoms with Crippen LogP contribution in [0.1, 0.15) is 25.3 Å². The smallest absolute Gasteiger partial charge is 0.230 e. The van der Waals surface area contributed by atoms with Crippen LogP contribution in [0.5, 0.6) is 11.5 Å². The lowest BCUT2D eigenvalue weighted by atomic mass is 9.93. The monoisotopic (exact) mass is 269 g/mol. The Morgan fingerprint density at radius 2 is 1.75 bits per heavy atom. The quantitative estimate of drug-likeness (QED) is 0.927. The summed E-state index contributed by atoms with van der Waals surface area (Å²) in [6.45, 7) is 4.47. The maximum Gasteiger partial charge on any atom is 0.230 e. The van der Waals surface area contributed by atoms with Crippen LogP contribution in [0, 0.1) is 0 Å². The first-order valence-electron chi connectivity index (χ1n) is 6.91. The summed E-state index contributed by atoms with van der Waals surface area (Å²) in [6, 6.07) is 14.6. The molecule has 0 saturated heterocycles. The second-order valence-corrected chi connectivity index (χ2v) is 5.33. The summed E-state index contributed by atoms with van der Waals surface area (Å²) in [4.78, 5) is 0. The molecule has 2 bridgehead atoms. The number of ether oxygens (including phenoxy) is 2. The van der Waals surface area contributed by atoms with Crippen molar-refractivity contribution in [3.8, 4) is 22.6 Å². The Morgan fingerprint density at radius 3 is 2.45 bits per heavy atom. The molecule has 2 N–H and O–H groups in total. The molecule has 0 amide bonds. The SMILES string of the molecule is CC(N)C(C)c1ccc(-c2ccc3cc2OCO3)cc1. The third kappa shape index (κ3) is 2.37. The van der Waals surface area contributed by atoms with Gasteiger partial charge in [0.2, 0.25) is 6.79 Å². The van der Waals surface area contributed by atoms with Gasteiger partial charge >= 0.3 is 0 Å². The molecule has 0 aromatic heterocycles. The maximum absolute atomic E-state index is 5.95. The first kappa shape index (κ1) is 13.0. The third-order valence-corrected chi connectivity index (χ3v) is 3.93. The van der Waals surface area contributed by atoms with Crippen molar-refractivity contribution in [3.05, 3.63) is 48.0 Å². The lowest BCUT2D eigenvalue weighted by molar-refractivity contribution is 0.106. The van der Waals surface area contributed by atoms with E-state index in [1.54, 1.807) is 0 Å². The van der Waals surface area contributed by atoms with Gasteiger partial charge in [-0.05, 0) is 36.1 Å². The van der Waals surface area contributed by atoms with Crippen LogP contribution < -0.4 is 15.2 Å². The van der Waals surface area contributed by atoms with E-state index in [1.165, 1.54) is 5.56 Å². The molecule has 2 aromatic rings. The minimum absolute atomic E-state index is 0.154. The highest BCUT2D eigenvalue weighted by Crippen LogP contribution is 2.36. The molecular formula is C17H19NO2. The van der Waals surface area contributed by atoms with Gasteiger partial charge in [0.15, 0.2) is 0 Å². The Bertz CT molecular complexity index is 605. The third-order valence-electron chi connectivity index (χ3n) is 3.93. The van der Waals surface area contributed by atoms with E-state index in [9.17, 15) is 0 Å². The zero-order valence-electron chi connectivity index (χ0n) is 11.8. The zero-order chi connectivity index (χ0) is 14.1. The molecule has 3 nitrogen and oxygen atoms in total. The Balaban J connectivity index is 1.92. The average molecular weight is 269 g/mol. The van der Waals surface area contributed by atoms with Gasteiger partial charge in [-0.15, -0.1) is 0 Å². The normalized spacial score (nSPS) is 15.9. The lowest BCUT2D eigenvalue weighted by Gasteiger charge is -2.20. The van der Waals surface area contributed by atoms with E-state index < -0.39 is 0 Å². The first-order chi connectivity index (χ1) is 9.65. The molecule has 0 radical (unpaired) electrons. The van der Waals surface area contributed by atoms with Crippen molar-refractivity contribution in [2.24, 2.45) is 5.73 Å². The molecule has 3 heteroatoms. The van der Waals surface area contributed by atoms with Crippen LogP contribution in [0.3, 0.4) is 0 Å². The molecule has 2 unspecified atom stereocenters. The fourth-order valence-electron chi connectivity index (χ4n) is 2.38. The number of nitrogens with two attached hydrogens (primary N) is 1. The van der Waals surface area contributed by atoms with E-state index in [0.717, 1.165) is 22.6 Å². The van der Waals surface area contributed by atoms with Crippen LogP contribution in [0.4, 0.5) is 0 Å². The summed E-state index contributed by atoms with van der Waals surface area (Å²) >= 11 is 0. The molecule has 20 heavy (non-hydrogen) atoms. The number of hydrogen-bond donors (Lipinski definition) is 1. The van der Waals surface area contributed by atoms with Crippen molar-refractivity contribution in [1.29, 1.82) is 0 Å². The molecule has 2 aromatic carbocycles. The van der Waals surface area contributed by atoms with Gasteiger partial charge in [0.25, 0.3) is 0 Å². The average Bonchev–Trinajstić information content (AvgIpc) is 2.47. The van der Waals surface area contributed by atoms with E-state index in [0.29, 0.717) is 5.92 Å². The van der Waals surface area contributed by atoms with Crippen LogP contribution in [-0.4, -0.2) is 12.8 Å². The molecule has 1 aliphatic heterocycles. The van der Waals surface area contributed by atoms with E-state index in [-0.39, 0.29) is 12.8 Å². The largest absolute Gasteiger partial charge is 0.457 e. The van der Waals surface area contributed by atoms with E-state index >= 15 is 0 Å². The van der Waals surface area contributed by atoms with Crippen LogP contribution in [0.25, 0.3) is 11.1 Å². The van der Waals surface area contributed by atoms with Gasteiger partial charge in [0.05, 0.1) is 0 Å². The minimum atomic E-state index is 0.154. The number of fused-ring (bicyclic) bond motifs is 2. The standard InChI is InChI=1S/C17H19NO2/c1-11(12(2)18)13-3-5-14(6-4-13)16-8-7-15-9-17(16)20-10-19-15/h3-9,11-12H,10,18H2,1-2H3. The van der Waals surface area contributed by atoms with Gasteiger partial charge in [0.1, 0.15) is 11.5 Å². The molecule has 3 rings (SSSR count). The zero-order valence-corrected chi connectivity index (χ0v) is 11.8. The predicted octanol–water partition coefficient (Wildman–Crippen LogP) is 3.53. The fourth-order valence-corrected chi connectivity index (χ4v) is 2.38. The molecule has 0 fully saturated rings. The topological polar surface area (TPSA) is 44.5 Å². The Kier molecular flexibility index (Phi) is 3.36. The van der Waals surface area contributed by atoms with Gasteiger partial charge in [0, 0.05) is 17.7 Å². The second kappa shape index (κ2) is 5.17. The van der Waals surface area contributed by atoms with Crippen molar-refractivity contribution in [3.63, 3.8) is 0 Å². The summed E-state index contributed by atoms with van der Waals surface area (Å²) in [7, 11) is 0. The van der Waals surface area contributed by atoms with Crippen LogP contribution >= 0.6 is 0 Å². The van der Waals surface area contributed by atoms with Crippen molar-refractivity contribution >= 4 is 0 Å². The number of hydrogen-bond acceptors (Lipinski definition) is 3. The number of rotatable bonds is 3. The van der Waals surface area contributed by atoms with Crippen molar-refractivity contribution in [2.75, 3.05) is 6.79 Å². The highest BCUT2D eigenvalue weighted by molar-refractivity contribution is 5.72. The summed E-state index contributed by atoms with van der Waals surface area (Å²) in [6.07, 6.45) is 0. The van der Waals surface area contributed by atoms with Gasteiger partial charge < -0.3 is 15.2 Å². The molecule has 1 aliphatic rings. The molecule has 0 saturated carbocycles. The predicted molar refractivity (Wildman–Crippen MR) is 80.1 cm³/mol. The molecular weight excluding hydrogens is 250 g/mol. The first-order valence-corrected chi connectivity index (χ1v) is 6.91. The van der Waals surface area contributed by atoms with Crippen molar-refractivity contribution in [2.45, 2.75) is 25.8 Å². The summed E-state index contributed by atoms with van der Waals surface area (Å²) in [5.74, 6) is 2.09. The molecule has 0 aliphatic carbocycles. The molecule has 0 spiro atoms. The van der Waals surface area contributed by atoms with E-state index in [1.807, 2.05) is 25.1 Å². The maximum atomic E-state index is 5.95. The van der Waals surface area contributed by atoms with Gasteiger partial charge in [-0.3, -0.25) is 0 Å².